The van der Waals surface area contributed by atoms with Gasteiger partial charge in [0.25, 0.3) is 0 Å². The fourth-order valence-corrected chi connectivity index (χ4v) is 2.84. The van der Waals surface area contributed by atoms with Crippen molar-refractivity contribution in [1.82, 2.24) is 4.90 Å². The molecule has 5 heteroatoms. The average Bonchev–Trinajstić information content (AvgIpc) is 2.95. The number of rotatable bonds is 4. The number of ether oxygens (including phenoxy) is 1. The minimum atomic E-state index is -0.239. The lowest BCUT2D eigenvalue weighted by atomic mass is 10.1. The molecule has 1 aromatic heterocycles. The Labute approximate surface area is 129 Å². The molecule has 2 heterocycles. The molecule has 0 unspecified atom stereocenters. The van der Waals surface area contributed by atoms with Gasteiger partial charge in [-0.1, -0.05) is 12.1 Å². The summed E-state index contributed by atoms with van der Waals surface area (Å²) in [5.74, 6) is 1.17. The summed E-state index contributed by atoms with van der Waals surface area (Å²) in [6.07, 6.45) is 0.0210. The number of aliphatic hydroxyl groups excluding tert-OH is 1. The summed E-state index contributed by atoms with van der Waals surface area (Å²) in [6.45, 7) is 4.16. The Morgan fingerprint density at radius 1 is 1.14 bits per heavy atom. The summed E-state index contributed by atoms with van der Waals surface area (Å²) >= 11 is 0. The first-order chi connectivity index (χ1) is 10.6. The second-order valence-corrected chi connectivity index (χ2v) is 5.71. The monoisotopic (exact) mass is 305 g/mol. The van der Waals surface area contributed by atoms with Crippen LogP contribution >= 0.6 is 0 Å². The van der Waals surface area contributed by atoms with E-state index in [2.05, 4.69) is 4.90 Å². The first-order valence-corrected chi connectivity index (χ1v) is 7.46. The van der Waals surface area contributed by atoms with Gasteiger partial charge in [0, 0.05) is 13.1 Å². The summed E-state index contributed by atoms with van der Waals surface area (Å²) in [6, 6.07) is 10.1. The fourth-order valence-electron chi connectivity index (χ4n) is 2.84. The number of hydrogen-bond donors (Lipinski definition) is 1. The minimum absolute atomic E-state index is 0.0726. The van der Waals surface area contributed by atoms with Crippen LogP contribution < -0.4 is 0 Å². The Morgan fingerprint density at radius 3 is 2.55 bits per heavy atom. The van der Waals surface area contributed by atoms with Crippen LogP contribution in [0.5, 0.6) is 0 Å². The first-order valence-electron chi connectivity index (χ1n) is 7.46. The number of morpholine rings is 1. The summed E-state index contributed by atoms with van der Waals surface area (Å²) < 4.78 is 24.6. The van der Waals surface area contributed by atoms with Gasteiger partial charge in [-0.2, -0.15) is 0 Å². The number of aliphatic hydroxyl groups is 1. The van der Waals surface area contributed by atoms with Crippen molar-refractivity contribution in [2.45, 2.75) is 32.3 Å². The van der Waals surface area contributed by atoms with Gasteiger partial charge < -0.3 is 14.3 Å². The van der Waals surface area contributed by atoms with E-state index in [-0.39, 0.29) is 24.6 Å². The molecule has 0 bridgehead atoms. The second-order valence-electron chi connectivity index (χ2n) is 5.71. The van der Waals surface area contributed by atoms with E-state index >= 15 is 0 Å². The Kier molecular flexibility index (Phi) is 4.57. The number of benzene rings is 1. The molecule has 0 spiro atoms. The average molecular weight is 305 g/mol. The second kappa shape index (κ2) is 6.60. The van der Waals surface area contributed by atoms with Gasteiger partial charge in [0.05, 0.1) is 18.8 Å². The van der Waals surface area contributed by atoms with Gasteiger partial charge in [-0.25, -0.2) is 4.39 Å². The van der Waals surface area contributed by atoms with Crippen LogP contribution in [0.3, 0.4) is 0 Å². The molecule has 1 N–H and O–H groups in total. The molecule has 0 radical (unpaired) electrons. The molecule has 2 atom stereocenters. The molecule has 1 fully saturated rings. The maximum absolute atomic E-state index is 13.0. The van der Waals surface area contributed by atoms with Crippen LogP contribution in [0, 0.1) is 5.82 Å². The Bertz CT molecular complexity index is 611. The summed E-state index contributed by atoms with van der Waals surface area (Å²) in [7, 11) is 0. The molecular formula is C17H20FNO3. The Hall–Kier alpha value is -1.69. The molecule has 4 nitrogen and oxygen atoms in total. The molecular weight excluding hydrogens is 285 g/mol. The van der Waals surface area contributed by atoms with E-state index in [1.165, 1.54) is 12.1 Å². The van der Waals surface area contributed by atoms with Crippen molar-refractivity contribution in [1.29, 1.82) is 0 Å². The van der Waals surface area contributed by atoms with Gasteiger partial charge in [0.1, 0.15) is 23.9 Å². The third kappa shape index (κ3) is 3.55. The van der Waals surface area contributed by atoms with E-state index < -0.39 is 0 Å². The van der Waals surface area contributed by atoms with E-state index in [1.807, 2.05) is 13.0 Å². The van der Waals surface area contributed by atoms with Gasteiger partial charge in [0.2, 0.25) is 0 Å². The van der Waals surface area contributed by atoms with Crippen molar-refractivity contribution in [2.75, 3.05) is 13.1 Å². The number of hydrogen-bond acceptors (Lipinski definition) is 4. The third-order valence-corrected chi connectivity index (χ3v) is 3.83. The number of furan rings is 1. The number of nitrogens with zero attached hydrogens (tertiary/aromatic N) is 1. The SMILES string of the molecule is C[C@@H]1CN(Cc2ccc(CO)o2)C[C@@H](c2ccc(F)cc2)O1. The molecule has 1 saturated heterocycles. The molecule has 0 aliphatic carbocycles. The van der Waals surface area contributed by atoms with Crippen LogP contribution in [0.15, 0.2) is 40.8 Å². The molecule has 0 saturated carbocycles. The Morgan fingerprint density at radius 2 is 1.86 bits per heavy atom. The van der Waals surface area contributed by atoms with Crippen molar-refractivity contribution in [2.24, 2.45) is 0 Å². The zero-order chi connectivity index (χ0) is 15.5. The van der Waals surface area contributed by atoms with E-state index in [0.717, 1.165) is 24.4 Å². The maximum Gasteiger partial charge on any atom is 0.129 e. The van der Waals surface area contributed by atoms with Crippen LogP contribution in [0.25, 0.3) is 0 Å². The summed E-state index contributed by atoms with van der Waals surface area (Å²) in [5.41, 5.74) is 0.980. The lowest BCUT2D eigenvalue weighted by Gasteiger charge is -2.36. The molecule has 0 amide bonds. The van der Waals surface area contributed by atoms with Gasteiger partial charge in [-0.3, -0.25) is 4.90 Å². The molecule has 3 rings (SSSR count). The lowest BCUT2D eigenvalue weighted by Crippen LogP contribution is -2.42. The van der Waals surface area contributed by atoms with Gasteiger partial charge >= 0.3 is 0 Å². The topological polar surface area (TPSA) is 45.8 Å². The van der Waals surface area contributed by atoms with Gasteiger partial charge in [0.15, 0.2) is 0 Å². The third-order valence-electron chi connectivity index (χ3n) is 3.83. The van der Waals surface area contributed by atoms with E-state index in [9.17, 15) is 4.39 Å². The molecule has 1 aliphatic heterocycles. The maximum atomic E-state index is 13.0. The summed E-state index contributed by atoms with van der Waals surface area (Å²) in [4.78, 5) is 2.25. The Balaban J connectivity index is 1.69. The highest BCUT2D eigenvalue weighted by Gasteiger charge is 2.27. The van der Waals surface area contributed by atoms with Gasteiger partial charge in [-0.05, 0) is 36.8 Å². The lowest BCUT2D eigenvalue weighted by molar-refractivity contribution is -0.0827. The molecule has 1 aliphatic rings. The van der Waals surface area contributed by atoms with Crippen LogP contribution in [0.1, 0.15) is 30.1 Å². The minimum Gasteiger partial charge on any atom is -0.462 e. The zero-order valence-corrected chi connectivity index (χ0v) is 12.5. The first kappa shape index (κ1) is 15.2. The normalized spacial score (nSPS) is 22.9. The standard InChI is InChI=1S/C17H20FNO3/c1-12-8-19(9-15-6-7-16(11-20)22-15)10-17(21-12)13-2-4-14(18)5-3-13/h2-7,12,17,20H,8-11H2,1H3/t12-,17+/m1/s1. The predicted octanol–water partition coefficient (Wildman–Crippen LogP) is 2.87. The quantitative estimate of drug-likeness (QED) is 0.943. The van der Waals surface area contributed by atoms with E-state index in [0.29, 0.717) is 12.3 Å². The fraction of sp³-hybridized carbons (Fsp3) is 0.412. The highest BCUT2D eigenvalue weighted by atomic mass is 19.1. The van der Waals surface area contributed by atoms with Crippen LogP contribution in [-0.2, 0) is 17.9 Å². The molecule has 2 aromatic rings. The largest absolute Gasteiger partial charge is 0.462 e. The van der Waals surface area contributed by atoms with Crippen molar-refractivity contribution in [3.63, 3.8) is 0 Å². The molecule has 1 aromatic carbocycles. The smallest absolute Gasteiger partial charge is 0.129 e. The van der Waals surface area contributed by atoms with Crippen LogP contribution in [0.4, 0.5) is 4.39 Å². The van der Waals surface area contributed by atoms with E-state index in [4.69, 9.17) is 14.3 Å². The zero-order valence-electron chi connectivity index (χ0n) is 12.5. The van der Waals surface area contributed by atoms with Gasteiger partial charge in [-0.15, -0.1) is 0 Å². The molecule has 22 heavy (non-hydrogen) atoms. The van der Waals surface area contributed by atoms with Crippen LogP contribution in [-0.4, -0.2) is 29.2 Å². The van der Waals surface area contributed by atoms with Crippen molar-refractivity contribution < 1.29 is 18.7 Å². The highest BCUT2D eigenvalue weighted by molar-refractivity contribution is 5.19. The van der Waals surface area contributed by atoms with Crippen molar-refractivity contribution in [3.8, 4) is 0 Å². The molecule has 118 valence electrons. The van der Waals surface area contributed by atoms with Crippen molar-refractivity contribution >= 4 is 0 Å². The number of halogens is 1. The van der Waals surface area contributed by atoms with Crippen LogP contribution in [0.2, 0.25) is 0 Å². The highest BCUT2D eigenvalue weighted by Crippen LogP contribution is 2.26. The predicted molar refractivity (Wildman–Crippen MR) is 79.6 cm³/mol. The van der Waals surface area contributed by atoms with E-state index in [1.54, 1.807) is 18.2 Å². The summed E-state index contributed by atoms with van der Waals surface area (Å²) in [5, 5.41) is 9.05. The van der Waals surface area contributed by atoms with Crippen molar-refractivity contribution in [3.05, 3.63) is 59.3 Å².